The summed E-state index contributed by atoms with van der Waals surface area (Å²) in [6.45, 7) is 4.26. The molecule has 120 valence electrons. The van der Waals surface area contributed by atoms with Crippen molar-refractivity contribution in [3.8, 4) is 0 Å². The molecule has 3 aliphatic rings. The van der Waals surface area contributed by atoms with Gasteiger partial charge in [-0.05, 0) is 25.7 Å². The first-order chi connectivity index (χ1) is 10.2. The summed E-state index contributed by atoms with van der Waals surface area (Å²) in [4.78, 5) is 16.7. The number of rotatable bonds is 3. The van der Waals surface area contributed by atoms with E-state index in [4.69, 9.17) is 4.74 Å². The molecule has 2 aliphatic carbocycles. The van der Waals surface area contributed by atoms with Crippen molar-refractivity contribution in [2.45, 2.75) is 56.7 Å². The molecule has 0 radical (unpaired) electrons. The van der Waals surface area contributed by atoms with Crippen LogP contribution in [-0.2, 0) is 9.53 Å². The number of esters is 1. The third kappa shape index (κ3) is 3.25. The van der Waals surface area contributed by atoms with Gasteiger partial charge in [0.15, 0.2) is 0 Å². The summed E-state index contributed by atoms with van der Waals surface area (Å²) in [6.07, 6.45) is 6.40. The molecule has 0 amide bonds. The molecule has 0 aromatic rings. The van der Waals surface area contributed by atoms with Gasteiger partial charge in [-0.3, -0.25) is 14.6 Å². The molecule has 3 fully saturated rings. The Kier molecular flexibility index (Phi) is 4.82. The van der Waals surface area contributed by atoms with Crippen molar-refractivity contribution in [3.05, 3.63) is 0 Å². The molecule has 3 rings (SSSR count). The van der Waals surface area contributed by atoms with Crippen LogP contribution in [-0.4, -0.2) is 72.4 Å². The zero-order valence-corrected chi connectivity index (χ0v) is 13.0. The first kappa shape index (κ1) is 15.3. The highest BCUT2D eigenvalue weighted by atomic mass is 16.5. The Morgan fingerprint density at radius 3 is 2.29 bits per heavy atom. The summed E-state index contributed by atoms with van der Waals surface area (Å²) >= 11 is 0. The van der Waals surface area contributed by atoms with E-state index in [1.54, 1.807) is 0 Å². The van der Waals surface area contributed by atoms with E-state index in [-0.39, 0.29) is 24.0 Å². The van der Waals surface area contributed by atoms with Crippen molar-refractivity contribution in [1.82, 2.24) is 9.80 Å². The fourth-order valence-corrected chi connectivity index (χ4v) is 4.45. The number of aliphatic hydroxyl groups is 1. The summed E-state index contributed by atoms with van der Waals surface area (Å²) in [5.74, 6) is -0.288. The van der Waals surface area contributed by atoms with Gasteiger partial charge in [-0.15, -0.1) is 0 Å². The number of hydrogen-bond donors (Lipinski definition) is 1. The van der Waals surface area contributed by atoms with Gasteiger partial charge in [0.2, 0.25) is 0 Å². The second-order valence-corrected chi connectivity index (χ2v) is 6.84. The lowest BCUT2D eigenvalue weighted by molar-refractivity contribution is -0.145. The molecule has 0 aromatic carbocycles. The van der Waals surface area contributed by atoms with Crippen LogP contribution < -0.4 is 0 Å². The second-order valence-electron chi connectivity index (χ2n) is 6.84. The Labute approximate surface area is 127 Å². The summed E-state index contributed by atoms with van der Waals surface area (Å²) < 4.78 is 4.83. The lowest BCUT2D eigenvalue weighted by Crippen LogP contribution is -2.54. The van der Waals surface area contributed by atoms with E-state index in [9.17, 15) is 9.90 Å². The van der Waals surface area contributed by atoms with Gasteiger partial charge in [0.05, 0.1) is 19.1 Å². The number of nitrogens with zero attached hydrogens (tertiary/aromatic N) is 2. The van der Waals surface area contributed by atoms with Gasteiger partial charge in [-0.25, -0.2) is 0 Å². The fourth-order valence-electron chi connectivity index (χ4n) is 4.45. The van der Waals surface area contributed by atoms with E-state index in [2.05, 4.69) is 9.80 Å². The van der Waals surface area contributed by atoms with Crippen molar-refractivity contribution in [2.75, 3.05) is 33.3 Å². The topological polar surface area (TPSA) is 53.0 Å². The van der Waals surface area contributed by atoms with Gasteiger partial charge in [0.1, 0.15) is 0 Å². The van der Waals surface area contributed by atoms with Crippen molar-refractivity contribution >= 4 is 5.97 Å². The summed E-state index contributed by atoms with van der Waals surface area (Å²) in [6, 6.07) is 0.934. The minimum atomic E-state index is -0.382. The number of carbonyl (C=O) groups is 1. The average Bonchev–Trinajstić information content (AvgIpc) is 3.16. The van der Waals surface area contributed by atoms with E-state index in [1.165, 1.54) is 32.8 Å². The predicted molar refractivity (Wildman–Crippen MR) is 79.9 cm³/mol. The lowest BCUT2D eigenvalue weighted by Gasteiger charge is -2.41. The van der Waals surface area contributed by atoms with Crippen molar-refractivity contribution in [2.24, 2.45) is 5.92 Å². The quantitative estimate of drug-likeness (QED) is 0.783. The zero-order chi connectivity index (χ0) is 14.8. The average molecular weight is 296 g/mol. The van der Waals surface area contributed by atoms with Crippen LogP contribution in [0.3, 0.4) is 0 Å². The SMILES string of the molecule is COC(=O)[C@@H]1C[C@@H](O)[C@H](N2CCN(C3CCCC3)CC2)C1. The molecule has 1 aliphatic heterocycles. The molecule has 0 bridgehead atoms. The first-order valence-corrected chi connectivity index (χ1v) is 8.43. The Bertz CT molecular complexity index is 363. The smallest absolute Gasteiger partial charge is 0.308 e. The fraction of sp³-hybridized carbons (Fsp3) is 0.938. The number of carbonyl (C=O) groups excluding carboxylic acids is 1. The Morgan fingerprint density at radius 1 is 1.05 bits per heavy atom. The van der Waals surface area contributed by atoms with Crippen molar-refractivity contribution in [1.29, 1.82) is 0 Å². The Hall–Kier alpha value is -0.650. The molecule has 0 aromatic heterocycles. The third-order valence-electron chi connectivity index (χ3n) is 5.69. The van der Waals surface area contributed by atoms with E-state index in [1.807, 2.05) is 0 Å². The molecule has 1 N–H and O–H groups in total. The summed E-state index contributed by atoms with van der Waals surface area (Å²) in [7, 11) is 1.43. The monoisotopic (exact) mass is 296 g/mol. The number of methoxy groups -OCH3 is 1. The van der Waals surface area contributed by atoms with E-state index in [0.29, 0.717) is 6.42 Å². The molecule has 0 spiro atoms. The maximum absolute atomic E-state index is 11.7. The van der Waals surface area contributed by atoms with Crippen LogP contribution >= 0.6 is 0 Å². The predicted octanol–water partition coefficient (Wildman–Crippen LogP) is 0.859. The van der Waals surface area contributed by atoms with Crippen LogP contribution in [0, 0.1) is 5.92 Å². The van der Waals surface area contributed by atoms with E-state index < -0.39 is 0 Å². The van der Waals surface area contributed by atoms with Crippen LogP contribution in [0.1, 0.15) is 38.5 Å². The molecular weight excluding hydrogens is 268 g/mol. The maximum atomic E-state index is 11.7. The minimum absolute atomic E-state index is 0.122. The molecule has 2 saturated carbocycles. The zero-order valence-electron chi connectivity index (χ0n) is 13.0. The third-order valence-corrected chi connectivity index (χ3v) is 5.69. The van der Waals surface area contributed by atoms with Crippen LogP contribution in [0.4, 0.5) is 0 Å². The van der Waals surface area contributed by atoms with Gasteiger partial charge < -0.3 is 9.84 Å². The van der Waals surface area contributed by atoms with Crippen molar-refractivity contribution in [3.63, 3.8) is 0 Å². The summed E-state index contributed by atoms with van der Waals surface area (Å²) in [5, 5.41) is 10.3. The maximum Gasteiger partial charge on any atom is 0.308 e. The highest BCUT2D eigenvalue weighted by Crippen LogP contribution is 2.32. The molecule has 1 saturated heterocycles. The summed E-state index contributed by atoms with van der Waals surface area (Å²) in [5.41, 5.74) is 0. The number of piperazine rings is 1. The molecule has 5 heteroatoms. The largest absolute Gasteiger partial charge is 0.469 e. The van der Waals surface area contributed by atoms with Crippen LogP contribution in [0.2, 0.25) is 0 Å². The van der Waals surface area contributed by atoms with E-state index >= 15 is 0 Å². The van der Waals surface area contributed by atoms with Gasteiger partial charge in [0.25, 0.3) is 0 Å². The molecule has 5 nitrogen and oxygen atoms in total. The first-order valence-electron chi connectivity index (χ1n) is 8.43. The van der Waals surface area contributed by atoms with E-state index in [0.717, 1.165) is 38.6 Å². The van der Waals surface area contributed by atoms with Gasteiger partial charge in [-0.2, -0.15) is 0 Å². The highest BCUT2D eigenvalue weighted by Gasteiger charge is 2.41. The molecule has 1 heterocycles. The normalized spacial score (nSPS) is 36.2. The minimum Gasteiger partial charge on any atom is -0.469 e. The lowest BCUT2D eigenvalue weighted by atomic mass is 10.1. The standard InChI is InChI=1S/C16H28N2O3/c1-21-16(20)12-10-14(15(19)11-12)18-8-6-17(7-9-18)13-4-2-3-5-13/h12-15,19H,2-11H2,1H3/t12-,14+,15+/m0/s1. The molecule has 3 atom stereocenters. The van der Waals surface area contributed by atoms with Gasteiger partial charge in [-0.1, -0.05) is 12.8 Å². The number of aliphatic hydroxyl groups excluding tert-OH is 1. The Morgan fingerprint density at radius 2 is 1.67 bits per heavy atom. The Balaban J connectivity index is 1.51. The number of ether oxygens (including phenoxy) is 1. The van der Waals surface area contributed by atoms with Gasteiger partial charge in [0, 0.05) is 38.3 Å². The van der Waals surface area contributed by atoms with Crippen LogP contribution in [0.25, 0.3) is 0 Å². The van der Waals surface area contributed by atoms with Crippen LogP contribution in [0.15, 0.2) is 0 Å². The van der Waals surface area contributed by atoms with Crippen molar-refractivity contribution < 1.29 is 14.6 Å². The van der Waals surface area contributed by atoms with Crippen LogP contribution in [0.5, 0.6) is 0 Å². The molecule has 21 heavy (non-hydrogen) atoms. The molecule has 0 unspecified atom stereocenters. The van der Waals surface area contributed by atoms with Gasteiger partial charge >= 0.3 is 5.97 Å². The highest BCUT2D eigenvalue weighted by molar-refractivity contribution is 5.72. The molecular formula is C16H28N2O3. The second kappa shape index (κ2) is 6.63. The number of hydrogen-bond acceptors (Lipinski definition) is 5.